The third kappa shape index (κ3) is 3.40. The minimum Gasteiger partial charge on any atom is -0.477 e. The topological polar surface area (TPSA) is 76.5 Å². The van der Waals surface area contributed by atoms with Gasteiger partial charge in [-0.15, -0.1) is 0 Å². The highest BCUT2D eigenvalue weighted by molar-refractivity contribution is 7.14. The van der Waals surface area contributed by atoms with E-state index in [0.29, 0.717) is 0 Å². The normalized spacial score (nSPS) is 8.87. The molecule has 0 spiro atoms. The van der Waals surface area contributed by atoms with Crippen molar-refractivity contribution in [1.29, 1.82) is 0 Å². The first kappa shape index (κ1) is 11.2. The summed E-state index contributed by atoms with van der Waals surface area (Å²) >= 11 is 0.909. The molecular weight excluding hydrogens is 218 g/mol. The van der Waals surface area contributed by atoms with Crippen molar-refractivity contribution < 1.29 is 19.4 Å². The molecule has 0 saturated carbocycles. The SMILES string of the molecule is CCOC(=O)C#Cc1ncc(C(=O)O)s1. The number of carbonyl (C=O) groups is 2. The molecule has 1 N–H and O–H groups in total. The van der Waals surface area contributed by atoms with E-state index in [0.717, 1.165) is 11.3 Å². The van der Waals surface area contributed by atoms with Gasteiger partial charge in [-0.25, -0.2) is 14.6 Å². The Kier molecular flexibility index (Phi) is 3.83. The van der Waals surface area contributed by atoms with E-state index in [2.05, 4.69) is 21.6 Å². The summed E-state index contributed by atoms with van der Waals surface area (Å²) in [5, 5.41) is 8.87. The lowest BCUT2D eigenvalue weighted by atomic mass is 10.5. The minimum absolute atomic E-state index is 0.0863. The van der Waals surface area contributed by atoms with Gasteiger partial charge in [0.2, 0.25) is 0 Å². The predicted molar refractivity (Wildman–Crippen MR) is 52.6 cm³/mol. The van der Waals surface area contributed by atoms with Gasteiger partial charge in [0.05, 0.1) is 12.8 Å². The summed E-state index contributed by atoms with van der Waals surface area (Å²) in [5.41, 5.74) is 0. The van der Waals surface area contributed by atoms with Crippen molar-refractivity contribution in [3.8, 4) is 11.8 Å². The van der Waals surface area contributed by atoms with E-state index in [1.54, 1.807) is 6.92 Å². The lowest BCUT2D eigenvalue weighted by Gasteiger charge is -1.89. The summed E-state index contributed by atoms with van der Waals surface area (Å²) in [6.45, 7) is 1.93. The lowest BCUT2D eigenvalue weighted by molar-refractivity contribution is -0.136. The number of thiazole rings is 1. The van der Waals surface area contributed by atoms with Crippen molar-refractivity contribution in [1.82, 2.24) is 4.98 Å². The molecule has 0 saturated heterocycles. The van der Waals surface area contributed by atoms with E-state index in [1.807, 2.05) is 0 Å². The van der Waals surface area contributed by atoms with Crippen LogP contribution in [0.4, 0.5) is 0 Å². The zero-order valence-corrected chi connectivity index (χ0v) is 8.63. The predicted octanol–water partition coefficient (Wildman–Crippen LogP) is 0.756. The third-order valence-corrected chi connectivity index (χ3v) is 2.16. The molecule has 5 nitrogen and oxygen atoms in total. The average Bonchev–Trinajstić information content (AvgIpc) is 2.63. The van der Waals surface area contributed by atoms with Gasteiger partial charge in [-0.05, 0) is 12.8 Å². The van der Waals surface area contributed by atoms with Gasteiger partial charge in [-0.2, -0.15) is 0 Å². The Morgan fingerprint density at radius 1 is 1.67 bits per heavy atom. The maximum absolute atomic E-state index is 10.8. The van der Waals surface area contributed by atoms with Crippen LogP contribution in [0.15, 0.2) is 6.20 Å². The number of aromatic carboxylic acids is 1. The molecular formula is C9H7NO4S. The van der Waals surface area contributed by atoms with Gasteiger partial charge < -0.3 is 9.84 Å². The summed E-state index contributed by atoms with van der Waals surface area (Å²) in [5.74, 6) is 2.91. The molecule has 78 valence electrons. The van der Waals surface area contributed by atoms with Crippen LogP contribution in [0, 0.1) is 11.8 Å². The number of rotatable bonds is 2. The number of aromatic nitrogens is 1. The second-order valence-corrected chi connectivity index (χ2v) is 3.34. The van der Waals surface area contributed by atoms with Crippen LogP contribution in [0.2, 0.25) is 0 Å². The van der Waals surface area contributed by atoms with Gasteiger partial charge in [0.1, 0.15) is 4.88 Å². The van der Waals surface area contributed by atoms with Crippen molar-refractivity contribution in [3.63, 3.8) is 0 Å². The fourth-order valence-corrected chi connectivity index (χ4v) is 1.31. The molecule has 15 heavy (non-hydrogen) atoms. The number of nitrogens with zero attached hydrogens (tertiary/aromatic N) is 1. The zero-order chi connectivity index (χ0) is 11.3. The van der Waals surface area contributed by atoms with Gasteiger partial charge >= 0.3 is 11.9 Å². The van der Waals surface area contributed by atoms with Crippen LogP contribution in [-0.4, -0.2) is 28.6 Å². The van der Waals surface area contributed by atoms with Gasteiger partial charge in [-0.1, -0.05) is 11.3 Å². The third-order valence-electron chi connectivity index (χ3n) is 1.26. The van der Waals surface area contributed by atoms with Gasteiger partial charge in [0.15, 0.2) is 5.01 Å². The fourth-order valence-electron chi connectivity index (χ4n) is 0.702. The molecule has 1 heterocycles. The van der Waals surface area contributed by atoms with Crippen molar-refractivity contribution in [2.24, 2.45) is 0 Å². The molecule has 1 rings (SSSR count). The molecule has 0 fully saturated rings. The molecule has 0 aliphatic rings. The highest BCUT2D eigenvalue weighted by Gasteiger charge is 2.06. The molecule has 0 atom stereocenters. The number of ether oxygens (including phenoxy) is 1. The molecule has 0 aliphatic carbocycles. The number of hydrogen-bond acceptors (Lipinski definition) is 5. The number of esters is 1. The van der Waals surface area contributed by atoms with E-state index in [9.17, 15) is 9.59 Å². The van der Waals surface area contributed by atoms with Crippen LogP contribution in [0.1, 0.15) is 21.6 Å². The van der Waals surface area contributed by atoms with Crippen LogP contribution in [-0.2, 0) is 9.53 Å². The van der Waals surface area contributed by atoms with Crippen molar-refractivity contribution >= 4 is 23.3 Å². The van der Waals surface area contributed by atoms with Crippen molar-refractivity contribution in [2.75, 3.05) is 6.61 Å². The van der Waals surface area contributed by atoms with Crippen LogP contribution in [0.5, 0.6) is 0 Å². The molecule has 0 amide bonds. The molecule has 1 aromatic heterocycles. The Morgan fingerprint density at radius 3 is 2.93 bits per heavy atom. The standard InChI is InChI=1S/C9H7NO4S/c1-2-14-8(11)4-3-7-10-5-6(15-7)9(12)13/h5H,2H2,1H3,(H,12,13). The smallest absolute Gasteiger partial charge is 0.384 e. The monoisotopic (exact) mass is 225 g/mol. The maximum Gasteiger partial charge on any atom is 0.384 e. The molecule has 0 aliphatic heterocycles. The van der Waals surface area contributed by atoms with E-state index in [-0.39, 0.29) is 16.5 Å². The fraction of sp³-hybridized carbons (Fsp3) is 0.222. The van der Waals surface area contributed by atoms with Crippen LogP contribution < -0.4 is 0 Å². The van der Waals surface area contributed by atoms with E-state index >= 15 is 0 Å². The van der Waals surface area contributed by atoms with Crippen LogP contribution in [0.3, 0.4) is 0 Å². The van der Waals surface area contributed by atoms with Gasteiger partial charge in [0.25, 0.3) is 0 Å². The average molecular weight is 225 g/mol. The Bertz CT molecular complexity index is 440. The summed E-state index contributed by atoms with van der Waals surface area (Å²) in [7, 11) is 0. The van der Waals surface area contributed by atoms with Crippen LogP contribution >= 0.6 is 11.3 Å². The first-order chi connectivity index (χ1) is 7.13. The van der Waals surface area contributed by atoms with Gasteiger partial charge in [0, 0.05) is 5.92 Å². The summed E-state index contributed by atoms with van der Waals surface area (Å²) in [6.07, 6.45) is 1.20. The molecule has 0 radical (unpaired) electrons. The Morgan fingerprint density at radius 2 is 2.40 bits per heavy atom. The van der Waals surface area contributed by atoms with Crippen molar-refractivity contribution in [2.45, 2.75) is 6.92 Å². The Labute approximate surface area is 89.7 Å². The second kappa shape index (κ2) is 5.12. The highest BCUT2D eigenvalue weighted by atomic mass is 32.1. The first-order valence-corrected chi connectivity index (χ1v) is 4.83. The van der Waals surface area contributed by atoms with E-state index in [4.69, 9.17) is 5.11 Å². The molecule has 1 aromatic rings. The second-order valence-electron chi connectivity index (χ2n) is 2.31. The largest absolute Gasteiger partial charge is 0.477 e. The summed E-state index contributed by atoms with van der Waals surface area (Å²) < 4.78 is 4.57. The first-order valence-electron chi connectivity index (χ1n) is 4.01. The number of carbonyl (C=O) groups excluding carboxylic acids is 1. The van der Waals surface area contributed by atoms with Crippen molar-refractivity contribution in [3.05, 3.63) is 16.1 Å². The lowest BCUT2D eigenvalue weighted by Crippen LogP contribution is -1.99. The maximum atomic E-state index is 10.8. The van der Waals surface area contributed by atoms with Gasteiger partial charge in [-0.3, -0.25) is 0 Å². The molecule has 6 heteroatoms. The quantitative estimate of drug-likeness (QED) is 0.593. The van der Waals surface area contributed by atoms with E-state index in [1.165, 1.54) is 6.20 Å². The summed E-state index contributed by atoms with van der Waals surface area (Å²) in [4.78, 5) is 25.1. The molecule has 0 bridgehead atoms. The summed E-state index contributed by atoms with van der Waals surface area (Å²) in [6, 6.07) is 0. The molecule has 0 unspecified atom stereocenters. The Balaban J connectivity index is 2.72. The number of hydrogen-bond donors (Lipinski definition) is 1. The minimum atomic E-state index is -1.06. The zero-order valence-electron chi connectivity index (χ0n) is 7.81. The number of carboxylic acids is 1. The molecule has 0 aromatic carbocycles. The highest BCUT2D eigenvalue weighted by Crippen LogP contribution is 2.10. The number of carboxylic acid groups (broad SMARTS) is 1. The Hall–Kier alpha value is -1.87. The van der Waals surface area contributed by atoms with Crippen LogP contribution in [0.25, 0.3) is 0 Å². The van der Waals surface area contributed by atoms with E-state index < -0.39 is 11.9 Å².